The van der Waals surface area contributed by atoms with E-state index in [1.807, 2.05) is 13.8 Å². The van der Waals surface area contributed by atoms with E-state index in [1.54, 1.807) is 0 Å². The number of nitrogens with zero attached hydrogens (tertiary/aromatic N) is 3. The highest BCUT2D eigenvalue weighted by molar-refractivity contribution is 7.91. The van der Waals surface area contributed by atoms with E-state index >= 15 is 0 Å². The molecule has 0 aliphatic rings. The van der Waals surface area contributed by atoms with E-state index in [0.29, 0.717) is 12.3 Å². The number of hydrogen-bond acceptors (Lipinski definition) is 5. The van der Waals surface area contributed by atoms with Gasteiger partial charge in [-0.15, -0.1) is 0 Å². The number of hydrogen-bond donors (Lipinski definition) is 0. The number of alkyl halides is 5. The minimum absolute atomic E-state index is 0.00220. The zero-order valence-electron chi connectivity index (χ0n) is 17.4. The van der Waals surface area contributed by atoms with Gasteiger partial charge >= 0.3 is 12.1 Å². The number of aryl methyl sites for hydroxylation is 1. The van der Waals surface area contributed by atoms with Crippen molar-refractivity contribution in [3.63, 3.8) is 0 Å². The quantitative estimate of drug-likeness (QED) is 0.328. The van der Waals surface area contributed by atoms with Gasteiger partial charge in [0.2, 0.25) is 5.95 Å². The van der Waals surface area contributed by atoms with E-state index in [1.165, 1.54) is 20.8 Å². The maximum atomic E-state index is 13.6. The van der Waals surface area contributed by atoms with Crippen molar-refractivity contribution >= 4 is 21.2 Å². The highest BCUT2D eigenvalue weighted by atomic mass is 32.2. The van der Waals surface area contributed by atoms with Crippen LogP contribution in [0, 0.1) is 12.9 Å². The number of halogens is 6. The van der Waals surface area contributed by atoms with Crippen LogP contribution in [0.2, 0.25) is 0 Å². The summed E-state index contributed by atoms with van der Waals surface area (Å²) in [7, 11) is -3.84. The monoisotopic (exact) mass is 469 g/mol. The molecule has 0 atom stereocenters. The second kappa shape index (κ2) is 9.75. The van der Waals surface area contributed by atoms with Crippen LogP contribution in [-0.2, 0) is 15.8 Å². The van der Waals surface area contributed by atoms with E-state index in [0.717, 1.165) is 12.1 Å². The van der Waals surface area contributed by atoms with Gasteiger partial charge < -0.3 is 0 Å². The van der Waals surface area contributed by atoms with Crippen LogP contribution < -0.4 is 0 Å². The predicted molar refractivity (Wildman–Crippen MR) is 104 cm³/mol. The summed E-state index contributed by atoms with van der Waals surface area (Å²) in [5.74, 6) is -6.51. The van der Waals surface area contributed by atoms with Crippen molar-refractivity contribution < 1.29 is 34.8 Å². The minimum atomic E-state index is -5.84. The highest BCUT2D eigenvalue weighted by Crippen LogP contribution is 2.44. The summed E-state index contributed by atoms with van der Waals surface area (Å²) in [6, 6.07) is 2.30. The first-order chi connectivity index (χ1) is 14.2. The lowest BCUT2D eigenvalue weighted by Crippen LogP contribution is -2.33. The van der Waals surface area contributed by atoms with Crippen LogP contribution in [0.3, 0.4) is 0 Å². The number of aliphatic imine (C=N–C) groups is 1. The molecule has 0 radical (unpaired) electrons. The number of sulfone groups is 1. The Morgan fingerprint density at radius 1 is 1.13 bits per heavy atom. The van der Waals surface area contributed by atoms with Gasteiger partial charge in [0.25, 0.3) is 0 Å². The summed E-state index contributed by atoms with van der Waals surface area (Å²) in [6.45, 7) is 7.89. The maximum Gasteiger partial charge on any atom is 0.458 e. The van der Waals surface area contributed by atoms with Gasteiger partial charge in [-0.1, -0.05) is 20.8 Å². The Morgan fingerprint density at radius 2 is 1.71 bits per heavy atom. The van der Waals surface area contributed by atoms with Gasteiger partial charge in [0.1, 0.15) is 5.69 Å². The second-order valence-corrected chi connectivity index (χ2v) is 8.23. The molecule has 172 valence electrons. The van der Waals surface area contributed by atoms with E-state index < -0.39 is 33.4 Å². The van der Waals surface area contributed by atoms with E-state index in [4.69, 9.17) is 0 Å². The van der Waals surface area contributed by atoms with E-state index in [-0.39, 0.29) is 33.4 Å². The number of aromatic nitrogens is 2. The van der Waals surface area contributed by atoms with E-state index in [2.05, 4.69) is 15.0 Å². The standard InChI is InChI=1S/C17H15F6N3O2S.C2H6/c1-4-29(27,28)13-5-6-14(18)26-15(13)10(3)25-12-7-11(8-24-9(12)2)16(19,20)17(21,22)23;1-2/h5-8H,4H2,1-3H3;1-2H3. The van der Waals surface area contributed by atoms with Crippen LogP contribution in [0.4, 0.5) is 32.0 Å². The summed E-state index contributed by atoms with van der Waals surface area (Å²) in [4.78, 5) is 10.6. The normalized spacial score (nSPS) is 12.9. The third-order valence-electron chi connectivity index (χ3n) is 3.95. The molecule has 5 nitrogen and oxygen atoms in total. The third kappa shape index (κ3) is 5.81. The molecule has 12 heteroatoms. The molecule has 31 heavy (non-hydrogen) atoms. The smallest absolute Gasteiger partial charge is 0.259 e. The molecule has 0 amide bonds. The van der Waals surface area contributed by atoms with Crippen LogP contribution in [0.15, 0.2) is 34.3 Å². The van der Waals surface area contributed by atoms with Crippen LogP contribution in [-0.4, -0.2) is 36.0 Å². The van der Waals surface area contributed by atoms with Crippen molar-refractivity contribution in [1.29, 1.82) is 0 Å². The lowest BCUT2D eigenvalue weighted by Gasteiger charge is -2.20. The zero-order chi connectivity index (χ0) is 24.2. The SMILES string of the molecule is CC.CCS(=O)(=O)c1ccc(F)nc1C(C)=Nc1cc(C(F)(F)C(F)(F)F)cnc1C. The van der Waals surface area contributed by atoms with Crippen LogP contribution >= 0.6 is 0 Å². The van der Waals surface area contributed by atoms with Gasteiger partial charge in [-0.3, -0.25) is 4.98 Å². The van der Waals surface area contributed by atoms with Crippen LogP contribution in [0.1, 0.15) is 44.6 Å². The Hall–Kier alpha value is -2.50. The zero-order valence-corrected chi connectivity index (χ0v) is 18.2. The fraction of sp³-hybridized carbons (Fsp3) is 0.421. The molecule has 0 unspecified atom stereocenters. The first kappa shape index (κ1) is 26.5. The Morgan fingerprint density at radius 3 is 2.23 bits per heavy atom. The Labute approximate surface area is 176 Å². The average molecular weight is 469 g/mol. The minimum Gasteiger partial charge on any atom is -0.259 e. The largest absolute Gasteiger partial charge is 0.458 e. The molecule has 2 heterocycles. The first-order valence-electron chi connectivity index (χ1n) is 9.07. The molecule has 0 saturated heterocycles. The van der Waals surface area contributed by atoms with Crippen molar-refractivity contribution in [3.8, 4) is 0 Å². The fourth-order valence-corrected chi connectivity index (χ4v) is 3.37. The van der Waals surface area contributed by atoms with Crippen molar-refractivity contribution in [2.45, 2.75) is 51.6 Å². The Kier molecular flexibility index (Phi) is 8.35. The first-order valence-corrected chi connectivity index (χ1v) is 10.7. The van der Waals surface area contributed by atoms with Gasteiger partial charge in [0, 0.05) is 6.20 Å². The molecule has 2 rings (SSSR count). The Balaban J connectivity index is 0.00000233. The van der Waals surface area contributed by atoms with Gasteiger partial charge in [-0.2, -0.15) is 26.3 Å². The highest BCUT2D eigenvalue weighted by Gasteiger charge is 2.59. The molecule has 0 aromatic carbocycles. The topological polar surface area (TPSA) is 72.3 Å². The van der Waals surface area contributed by atoms with Gasteiger partial charge in [0.05, 0.1) is 33.3 Å². The van der Waals surface area contributed by atoms with Gasteiger partial charge in [-0.25, -0.2) is 18.4 Å². The molecule has 2 aromatic rings. The molecule has 0 bridgehead atoms. The predicted octanol–water partition coefficient (Wildman–Crippen LogP) is 5.54. The molecule has 0 aliphatic heterocycles. The van der Waals surface area contributed by atoms with Gasteiger partial charge in [-0.05, 0) is 32.0 Å². The molecular weight excluding hydrogens is 448 g/mol. The van der Waals surface area contributed by atoms with Crippen LogP contribution in [0.5, 0.6) is 0 Å². The molecule has 0 N–H and O–H groups in total. The van der Waals surface area contributed by atoms with Crippen molar-refractivity contribution in [2.75, 3.05) is 5.75 Å². The Bertz CT molecular complexity index is 1070. The number of rotatable bonds is 5. The van der Waals surface area contributed by atoms with Crippen molar-refractivity contribution in [1.82, 2.24) is 9.97 Å². The molecule has 0 spiro atoms. The molecule has 0 fully saturated rings. The fourth-order valence-electron chi connectivity index (χ4n) is 2.29. The summed E-state index contributed by atoms with van der Waals surface area (Å²) in [5, 5.41) is 0. The summed E-state index contributed by atoms with van der Waals surface area (Å²) >= 11 is 0. The maximum absolute atomic E-state index is 13.6. The molecule has 2 aromatic heterocycles. The molecule has 0 aliphatic carbocycles. The lowest BCUT2D eigenvalue weighted by atomic mass is 10.1. The average Bonchev–Trinajstić information content (AvgIpc) is 2.69. The third-order valence-corrected chi connectivity index (χ3v) is 5.71. The second-order valence-electron chi connectivity index (χ2n) is 5.98. The van der Waals surface area contributed by atoms with E-state index in [9.17, 15) is 34.8 Å². The number of pyridine rings is 2. The van der Waals surface area contributed by atoms with Gasteiger partial charge in [0.15, 0.2) is 9.84 Å². The molecule has 0 saturated carbocycles. The summed E-state index contributed by atoms with van der Waals surface area (Å²) in [5.41, 5.74) is -2.37. The summed E-state index contributed by atoms with van der Waals surface area (Å²) in [6.07, 6.45) is -5.46. The lowest BCUT2D eigenvalue weighted by molar-refractivity contribution is -0.289. The van der Waals surface area contributed by atoms with Crippen LogP contribution in [0.25, 0.3) is 0 Å². The van der Waals surface area contributed by atoms with Crippen molar-refractivity contribution in [2.24, 2.45) is 4.99 Å². The van der Waals surface area contributed by atoms with Crippen molar-refractivity contribution in [3.05, 3.63) is 47.3 Å². The molecular formula is C19H21F6N3O2S. The summed E-state index contributed by atoms with van der Waals surface area (Å²) < 4.78 is 103.